The number of anilines is 3. The summed E-state index contributed by atoms with van der Waals surface area (Å²) in [5.41, 5.74) is 15.6. The molecule has 0 N–H and O–H groups in total. The first kappa shape index (κ1) is 32.8. The lowest BCUT2D eigenvalue weighted by Gasteiger charge is -2.26. The fourth-order valence-corrected chi connectivity index (χ4v) is 8.42. The Morgan fingerprint density at radius 3 is 1.11 bits per heavy atom. The third kappa shape index (κ3) is 5.60. The predicted molar refractivity (Wildman–Crippen MR) is 237 cm³/mol. The van der Waals surface area contributed by atoms with Crippen LogP contribution in [0.5, 0.6) is 0 Å². The van der Waals surface area contributed by atoms with Crippen molar-refractivity contribution in [1.82, 2.24) is 0 Å². The lowest BCUT2D eigenvalue weighted by molar-refractivity contribution is 0.663. The number of nitrogens with zero attached hydrogens (tertiary/aromatic N) is 1. The average molecular weight is 730 g/mol. The van der Waals surface area contributed by atoms with Crippen LogP contribution in [-0.4, -0.2) is 0 Å². The van der Waals surface area contributed by atoms with Crippen LogP contribution < -0.4 is 4.90 Å². The predicted octanol–water partition coefficient (Wildman–Crippen LogP) is 15.6. The fourth-order valence-electron chi connectivity index (χ4n) is 8.42. The summed E-state index contributed by atoms with van der Waals surface area (Å²) in [6.07, 6.45) is 0. The van der Waals surface area contributed by atoms with Gasteiger partial charge in [-0.1, -0.05) is 164 Å². The number of rotatable bonds is 7. The number of hydrogen-bond acceptors (Lipinski definition) is 3. The van der Waals surface area contributed by atoms with Crippen LogP contribution in [-0.2, 0) is 0 Å². The van der Waals surface area contributed by atoms with E-state index in [9.17, 15) is 0 Å². The molecule has 3 nitrogen and oxygen atoms in total. The number of furan rings is 2. The molecular formula is C54H35NO2. The van der Waals surface area contributed by atoms with Crippen LogP contribution in [0.25, 0.3) is 88.4 Å². The summed E-state index contributed by atoms with van der Waals surface area (Å²) in [7, 11) is 0. The first-order chi connectivity index (χ1) is 28.3. The smallest absolute Gasteiger partial charge is 0.147 e. The van der Waals surface area contributed by atoms with E-state index in [1.165, 1.54) is 22.3 Å². The summed E-state index contributed by atoms with van der Waals surface area (Å²) in [6.45, 7) is 0. The van der Waals surface area contributed by atoms with Gasteiger partial charge in [-0.05, 0) is 81.9 Å². The maximum absolute atomic E-state index is 6.80. The molecule has 0 radical (unpaired) electrons. The quantitative estimate of drug-likeness (QED) is 0.164. The maximum atomic E-state index is 6.80. The van der Waals surface area contributed by atoms with E-state index in [0.717, 1.165) is 83.2 Å². The van der Waals surface area contributed by atoms with Crippen molar-refractivity contribution < 1.29 is 8.83 Å². The first-order valence-corrected chi connectivity index (χ1v) is 19.3. The Bertz CT molecular complexity index is 3100. The molecule has 0 spiro atoms. The summed E-state index contributed by atoms with van der Waals surface area (Å²) in [5, 5.41) is 4.21. The molecule has 3 heteroatoms. The van der Waals surface area contributed by atoms with Gasteiger partial charge in [-0.3, -0.25) is 0 Å². The highest BCUT2D eigenvalue weighted by molar-refractivity contribution is 6.30. The van der Waals surface area contributed by atoms with E-state index in [1.54, 1.807) is 0 Å². The van der Waals surface area contributed by atoms with Gasteiger partial charge in [-0.2, -0.15) is 0 Å². The van der Waals surface area contributed by atoms with Crippen LogP contribution >= 0.6 is 0 Å². The number of benzene rings is 9. The molecule has 0 aliphatic heterocycles. The van der Waals surface area contributed by atoms with Crippen molar-refractivity contribution in [3.63, 3.8) is 0 Å². The van der Waals surface area contributed by atoms with Crippen LogP contribution in [0, 0.1) is 0 Å². The largest absolute Gasteiger partial charge is 0.455 e. The van der Waals surface area contributed by atoms with Gasteiger partial charge in [0.25, 0.3) is 0 Å². The van der Waals surface area contributed by atoms with Gasteiger partial charge in [0.15, 0.2) is 0 Å². The maximum Gasteiger partial charge on any atom is 0.147 e. The summed E-state index contributed by atoms with van der Waals surface area (Å²) in [5.74, 6) is 0. The molecule has 11 rings (SSSR count). The summed E-state index contributed by atoms with van der Waals surface area (Å²) in [6, 6.07) is 74.9. The minimum absolute atomic E-state index is 0.826. The Balaban J connectivity index is 1.11. The SMILES string of the molecule is c1ccc(-c2ccc(N(c3ccc(-c4ccccc4)cc3)c3ccc(-c4c(-c5ccccc5)c5oc6ccccc6c5c5oc6ccccc6c45)cc3)cc2)cc1. The Morgan fingerprint density at radius 1 is 0.263 bits per heavy atom. The molecule has 0 bridgehead atoms. The molecule has 0 unspecified atom stereocenters. The van der Waals surface area contributed by atoms with Gasteiger partial charge < -0.3 is 13.7 Å². The Hall–Kier alpha value is -7.62. The molecule has 9 aromatic carbocycles. The van der Waals surface area contributed by atoms with Crippen molar-refractivity contribution >= 4 is 60.9 Å². The fraction of sp³-hybridized carbons (Fsp3) is 0. The van der Waals surface area contributed by atoms with E-state index >= 15 is 0 Å². The summed E-state index contributed by atoms with van der Waals surface area (Å²) < 4.78 is 13.6. The number of fused-ring (bicyclic) bond motifs is 7. The van der Waals surface area contributed by atoms with Crippen LogP contribution in [0.3, 0.4) is 0 Å². The van der Waals surface area contributed by atoms with Crippen LogP contribution in [0.1, 0.15) is 0 Å². The van der Waals surface area contributed by atoms with E-state index in [1.807, 2.05) is 18.2 Å². The van der Waals surface area contributed by atoms with Crippen molar-refractivity contribution in [1.29, 1.82) is 0 Å². The minimum Gasteiger partial charge on any atom is -0.455 e. The topological polar surface area (TPSA) is 29.5 Å². The van der Waals surface area contributed by atoms with Gasteiger partial charge in [-0.15, -0.1) is 0 Å². The van der Waals surface area contributed by atoms with Gasteiger partial charge in [0.1, 0.15) is 22.3 Å². The van der Waals surface area contributed by atoms with Gasteiger partial charge >= 0.3 is 0 Å². The van der Waals surface area contributed by atoms with Crippen LogP contribution in [0.2, 0.25) is 0 Å². The molecule has 0 aliphatic carbocycles. The van der Waals surface area contributed by atoms with E-state index in [4.69, 9.17) is 8.83 Å². The van der Waals surface area contributed by atoms with Crippen molar-refractivity contribution in [2.75, 3.05) is 4.90 Å². The van der Waals surface area contributed by atoms with Crippen molar-refractivity contribution in [2.45, 2.75) is 0 Å². The van der Waals surface area contributed by atoms with Crippen molar-refractivity contribution in [2.24, 2.45) is 0 Å². The molecular weight excluding hydrogens is 695 g/mol. The number of hydrogen-bond donors (Lipinski definition) is 0. The van der Waals surface area contributed by atoms with Gasteiger partial charge in [0.05, 0.1) is 5.39 Å². The molecule has 0 amide bonds. The van der Waals surface area contributed by atoms with Gasteiger partial charge in [-0.25, -0.2) is 0 Å². The molecule has 268 valence electrons. The molecule has 0 aliphatic rings. The Morgan fingerprint density at radius 2 is 0.614 bits per heavy atom. The van der Waals surface area contributed by atoms with Gasteiger partial charge in [0, 0.05) is 44.3 Å². The van der Waals surface area contributed by atoms with Crippen molar-refractivity contribution in [3.8, 4) is 44.5 Å². The zero-order chi connectivity index (χ0) is 37.7. The third-order valence-electron chi connectivity index (χ3n) is 11.1. The van der Waals surface area contributed by atoms with Gasteiger partial charge in [0.2, 0.25) is 0 Å². The minimum atomic E-state index is 0.826. The second-order valence-electron chi connectivity index (χ2n) is 14.4. The second-order valence-corrected chi connectivity index (χ2v) is 14.4. The lowest BCUT2D eigenvalue weighted by Crippen LogP contribution is -2.09. The Labute approximate surface area is 330 Å². The molecule has 0 atom stereocenters. The molecule has 2 heterocycles. The van der Waals surface area contributed by atoms with E-state index < -0.39 is 0 Å². The molecule has 0 fully saturated rings. The Kier molecular flexibility index (Phi) is 7.82. The zero-order valence-corrected chi connectivity index (χ0v) is 31.0. The summed E-state index contributed by atoms with van der Waals surface area (Å²) in [4.78, 5) is 2.33. The van der Waals surface area contributed by atoms with Crippen molar-refractivity contribution in [3.05, 3.63) is 212 Å². The monoisotopic (exact) mass is 729 g/mol. The highest BCUT2D eigenvalue weighted by Gasteiger charge is 2.26. The molecule has 2 aromatic heterocycles. The second kappa shape index (κ2) is 13.6. The van der Waals surface area contributed by atoms with Crippen LogP contribution in [0.4, 0.5) is 17.1 Å². The third-order valence-corrected chi connectivity index (χ3v) is 11.1. The zero-order valence-electron chi connectivity index (χ0n) is 31.0. The standard InChI is InChI=1S/C54H35NO2/c1-4-14-36(15-5-1)38-24-30-42(31-25-38)55(43-32-26-39(27-33-43)37-16-6-2-7-17-37)44-34-28-41(29-35-44)49-50(40-18-8-3-9-19-40)53-52(46-21-11-13-23-48(46)56-53)54-51(49)45-20-10-12-22-47(45)57-54/h1-35H. The number of para-hydroxylation sites is 2. The first-order valence-electron chi connectivity index (χ1n) is 19.3. The highest BCUT2D eigenvalue weighted by atomic mass is 16.3. The van der Waals surface area contributed by atoms with E-state index in [-0.39, 0.29) is 0 Å². The van der Waals surface area contributed by atoms with E-state index in [2.05, 4.69) is 199 Å². The van der Waals surface area contributed by atoms with E-state index in [0.29, 0.717) is 0 Å². The lowest BCUT2D eigenvalue weighted by atomic mass is 9.88. The van der Waals surface area contributed by atoms with Crippen LogP contribution in [0.15, 0.2) is 221 Å². The average Bonchev–Trinajstić information content (AvgIpc) is 3.87. The molecule has 0 saturated heterocycles. The molecule has 0 saturated carbocycles. The molecule has 11 aromatic rings. The molecule has 57 heavy (non-hydrogen) atoms. The normalized spacial score (nSPS) is 11.5. The highest BCUT2D eigenvalue weighted by Crippen LogP contribution is 2.51. The summed E-state index contributed by atoms with van der Waals surface area (Å²) >= 11 is 0.